The lowest BCUT2D eigenvalue weighted by molar-refractivity contribution is -0.138. The first kappa shape index (κ1) is 21.9. The summed E-state index contributed by atoms with van der Waals surface area (Å²) in [6, 6.07) is 23.9. The van der Waals surface area contributed by atoms with Crippen LogP contribution in [0.25, 0.3) is 10.2 Å². The molecule has 0 spiro atoms. The summed E-state index contributed by atoms with van der Waals surface area (Å²) < 4.78 is 6.12. The summed E-state index contributed by atoms with van der Waals surface area (Å²) in [5, 5.41) is 9.89. The highest BCUT2D eigenvalue weighted by molar-refractivity contribution is 7.18. The maximum Gasteiger partial charge on any atom is 0.336 e. The van der Waals surface area contributed by atoms with E-state index in [2.05, 4.69) is 4.98 Å². The summed E-state index contributed by atoms with van der Waals surface area (Å²) in [4.78, 5) is 43.1. The highest BCUT2D eigenvalue weighted by Crippen LogP contribution is 2.29. The number of rotatable bonds is 8. The number of anilines is 1. The minimum absolute atomic E-state index is 0.0667. The Labute approximate surface area is 199 Å². The molecule has 2 heterocycles. The summed E-state index contributed by atoms with van der Waals surface area (Å²) in [7, 11) is 0. The van der Waals surface area contributed by atoms with Crippen LogP contribution in [0.3, 0.4) is 0 Å². The van der Waals surface area contributed by atoms with Crippen LogP contribution in [0, 0.1) is 0 Å². The molecule has 7 nitrogen and oxygen atoms in total. The van der Waals surface area contributed by atoms with Crippen LogP contribution >= 0.6 is 11.3 Å². The molecule has 1 aromatic heterocycles. The second-order valence-corrected chi connectivity index (χ2v) is 9.06. The van der Waals surface area contributed by atoms with Crippen LogP contribution in [0.5, 0.6) is 0 Å². The van der Waals surface area contributed by atoms with Gasteiger partial charge in [0.1, 0.15) is 5.01 Å². The maximum atomic E-state index is 13.0. The summed E-state index contributed by atoms with van der Waals surface area (Å²) >= 11 is 1.50. The number of carboxylic acids is 1. The number of epoxide rings is 1. The Hall–Kier alpha value is -3.88. The third-order valence-electron chi connectivity index (χ3n) is 5.58. The number of carbonyl (C=O) groups excluding carboxylic acids is 2. The van der Waals surface area contributed by atoms with E-state index in [-0.39, 0.29) is 18.7 Å². The average Bonchev–Trinajstić information content (AvgIpc) is 3.56. The number of fused-ring (bicyclic) bond motifs is 1. The number of nitrogens with zero attached hydrogens (tertiary/aromatic N) is 2. The molecule has 2 atom stereocenters. The number of amides is 1. The van der Waals surface area contributed by atoms with Crippen molar-refractivity contribution >= 4 is 44.9 Å². The fraction of sp³-hybridized carbons (Fsp3) is 0.154. The molecule has 1 aliphatic rings. The molecule has 8 heteroatoms. The molecule has 1 saturated heterocycles. The van der Waals surface area contributed by atoms with Gasteiger partial charge in [0, 0.05) is 11.3 Å². The second kappa shape index (κ2) is 9.17. The minimum Gasteiger partial charge on any atom is -0.479 e. The standard InChI is InChI=1S/C26H20N2O5S/c29-20(14-22-27-19-8-4-5-9-21(19)34-22)17-10-12-18(13-11-17)28(15-16-6-2-1-3-7-16)25(30)23-24(33-23)26(31)32/h1-13,23-24H,14-15H2,(H,31,32)/t23-,24-/m0/s1. The number of Topliss-reactive ketones (excluding diaryl/α,β-unsaturated/α-hetero) is 1. The van der Waals surface area contributed by atoms with E-state index < -0.39 is 24.1 Å². The van der Waals surface area contributed by atoms with Crippen LogP contribution in [-0.4, -0.2) is 40.0 Å². The largest absolute Gasteiger partial charge is 0.479 e. The first-order valence-electron chi connectivity index (χ1n) is 10.7. The van der Waals surface area contributed by atoms with Gasteiger partial charge < -0.3 is 14.7 Å². The summed E-state index contributed by atoms with van der Waals surface area (Å²) in [6.07, 6.45) is -1.94. The monoisotopic (exact) mass is 472 g/mol. The lowest BCUT2D eigenvalue weighted by atomic mass is 10.1. The minimum atomic E-state index is -1.16. The third-order valence-corrected chi connectivity index (χ3v) is 6.62. The Morgan fingerprint density at radius 2 is 1.62 bits per heavy atom. The molecule has 5 rings (SSSR count). The zero-order chi connectivity index (χ0) is 23.7. The van der Waals surface area contributed by atoms with Gasteiger partial charge in [-0.15, -0.1) is 11.3 Å². The van der Waals surface area contributed by atoms with E-state index in [0.29, 0.717) is 11.3 Å². The van der Waals surface area contributed by atoms with E-state index in [9.17, 15) is 14.4 Å². The number of hydrogen-bond acceptors (Lipinski definition) is 6. The fourth-order valence-corrected chi connectivity index (χ4v) is 4.73. The van der Waals surface area contributed by atoms with Crippen molar-refractivity contribution in [2.75, 3.05) is 4.90 Å². The van der Waals surface area contributed by atoms with Crippen LogP contribution in [0.2, 0.25) is 0 Å². The van der Waals surface area contributed by atoms with Crippen LogP contribution in [0.4, 0.5) is 5.69 Å². The van der Waals surface area contributed by atoms with Gasteiger partial charge in [-0.3, -0.25) is 9.59 Å². The maximum absolute atomic E-state index is 13.0. The van der Waals surface area contributed by atoms with Crippen molar-refractivity contribution in [3.8, 4) is 0 Å². The lowest BCUT2D eigenvalue weighted by Crippen LogP contribution is -2.35. The number of aliphatic carboxylic acids is 1. The summed E-state index contributed by atoms with van der Waals surface area (Å²) in [5.74, 6) is -1.65. The number of thiazole rings is 1. The number of carboxylic acid groups (broad SMARTS) is 1. The van der Waals surface area contributed by atoms with Gasteiger partial charge in [0.15, 0.2) is 18.0 Å². The molecule has 170 valence electrons. The number of aromatic nitrogens is 1. The summed E-state index contributed by atoms with van der Waals surface area (Å²) in [5.41, 5.74) is 2.84. The van der Waals surface area contributed by atoms with Gasteiger partial charge in [0.2, 0.25) is 0 Å². The number of para-hydroxylation sites is 1. The Morgan fingerprint density at radius 3 is 2.29 bits per heavy atom. The predicted molar refractivity (Wildman–Crippen MR) is 128 cm³/mol. The normalized spacial score (nSPS) is 16.8. The quantitative estimate of drug-likeness (QED) is 0.306. The van der Waals surface area contributed by atoms with Crippen molar-refractivity contribution in [1.82, 2.24) is 4.98 Å². The van der Waals surface area contributed by atoms with E-state index in [0.717, 1.165) is 20.8 Å². The molecule has 1 aliphatic heterocycles. The second-order valence-electron chi connectivity index (χ2n) is 7.95. The van der Waals surface area contributed by atoms with Gasteiger partial charge in [-0.25, -0.2) is 9.78 Å². The fourth-order valence-electron chi connectivity index (χ4n) is 3.77. The Balaban J connectivity index is 1.35. The van der Waals surface area contributed by atoms with E-state index in [1.165, 1.54) is 16.2 Å². The van der Waals surface area contributed by atoms with Crippen LogP contribution in [0.1, 0.15) is 20.9 Å². The number of benzene rings is 3. The molecule has 4 aromatic rings. The lowest BCUT2D eigenvalue weighted by Gasteiger charge is -2.22. The highest BCUT2D eigenvalue weighted by atomic mass is 32.1. The SMILES string of the molecule is O=C(Cc1nc2ccccc2s1)c1ccc(N(Cc2ccccc2)C(=O)[C@H]2O[C@@H]2C(=O)O)cc1. The number of ketones is 1. The van der Waals surface area contributed by atoms with Crippen LogP contribution < -0.4 is 4.90 Å². The molecule has 1 fully saturated rings. The first-order valence-corrected chi connectivity index (χ1v) is 11.5. The molecule has 3 aromatic carbocycles. The molecule has 0 bridgehead atoms. The molecule has 0 saturated carbocycles. The van der Waals surface area contributed by atoms with Crippen molar-refractivity contribution in [3.05, 3.63) is 95.0 Å². The van der Waals surface area contributed by atoms with Crippen molar-refractivity contribution in [2.45, 2.75) is 25.2 Å². The Bertz CT molecular complexity index is 1330. The number of ether oxygens (including phenoxy) is 1. The average molecular weight is 473 g/mol. The smallest absolute Gasteiger partial charge is 0.336 e. The molecule has 1 N–H and O–H groups in total. The molecular weight excluding hydrogens is 452 g/mol. The van der Waals surface area contributed by atoms with Crippen molar-refractivity contribution in [1.29, 1.82) is 0 Å². The molecule has 1 amide bonds. The van der Waals surface area contributed by atoms with Gasteiger partial charge in [-0.05, 0) is 42.0 Å². The molecule has 0 aliphatic carbocycles. The zero-order valence-corrected chi connectivity index (χ0v) is 18.8. The van der Waals surface area contributed by atoms with Gasteiger partial charge in [0.25, 0.3) is 5.91 Å². The summed E-state index contributed by atoms with van der Waals surface area (Å²) in [6.45, 7) is 0.255. The van der Waals surface area contributed by atoms with Crippen molar-refractivity contribution in [2.24, 2.45) is 0 Å². The first-order chi connectivity index (χ1) is 16.5. The third kappa shape index (κ3) is 4.59. The van der Waals surface area contributed by atoms with E-state index in [1.54, 1.807) is 24.3 Å². The Kier molecular flexibility index (Phi) is 5.91. The van der Waals surface area contributed by atoms with E-state index in [4.69, 9.17) is 9.84 Å². The van der Waals surface area contributed by atoms with Crippen LogP contribution in [-0.2, 0) is 27.3 Å². The highest BCUT2D eigenvalue weighted by Gasteiger charge is 2.52. The molecule has 34 heavy (non-hydrogen) atoms. The van der Waals surface area contributed by atoms with Crippen LogP contribution in [0.15, 0.2) is 78.9 Å². The van der Waals surface area contributed by atoms with Gasteiger partial charge in [0.05, 0.1) is 23.2 Å². The van der Waals surface area contributed by atoms with Gasteiger partial charge in [-0.2, -0.15) is 0 Å². The molecule has 0 unspecified atom stereocenters. The van der Waals surface area contributed by atoms with Gasteiger partial charge >= 0.3 is 5.97 Å². The molecule has 0 radical (unpaired) electrons. The molecular formula is C26H20N2O5S. The topological polar surface area (TPSA) is 100 Å². The van der Waals surface area contributed by atoms with E-state index in [1.807, 2.05) is 54.6 Å². The number of carbonyl (C=O) groups is 3. The zero-order valence-electron chi connectivity index (χ0n) is 18.0. The van der Waals surface area contributed by atoms with Crippen molar-refractivity contribution < 1.29 is 24.2 Å². The van der Waals surface area contributed by atoms with Gasteiger partial charge in [-0.1, -0.05) is 42.5 Å². The van der Waals surface area contributed by atoms with E-state index >= 15 is 0 Å². The predicted octanol–water partition coefficient (Wildman–Crippen LogP) is 4.11. The number of hydrogen-bond donors (Lipinski definition) is 1. The Morgan fingerprint density at radius 1 is 0.912 bits per heavy atom. The van der Waals surface area contributed by atoms with Crippen molar-refractivity contribution in [3.63, 3.8) is 0 Å².